The highest BCUT2D eigenvalue weighted by atomic mass is 35.5. The van der Waals surface area contributed by atoms with Gasteiger partial charge in [-0.3, -0.25) is 0 Å². The second kappa shape index (κ2) is 6.07. The summed E-state index contributed by atoms with van der Waals surface area (Å²) < 4.78 is 2.18. The Morgan fingerprint density at radius 2 is 1.89 bits per heavy atom. The molecule has 0 saturated carbocycles. The van der Waals surface area contributed by atoms with Crippen molar-refractivity contribution in [1.82, 2.24) is 9.47 Å². The fourth-order valence-corrected chi connectivity index (χ4v) is 2.31. The summed E-state index contributed by atoms with van der Waals surface area (Å²) in [6.07, 6.45) is 4.30. The van der Waals surface area contributed by atoms with Crippen molar-refractivity contribution in [2.24, 2.45) is 0 Å². The number of nitrogens with zero attached hydrogens (tertiary/aromatic N) is 2. The summed E-state index contributed by atoms with van der Waals surface area (Å²) in [4.78, 5) is 2.21. The van der Waals surface area contributed by atoms with E-state index in [0.717, 1.165) is 30.1 Å². The van der Waals surface area contributed by atoms with Crippen molar-refractivity contribution in [2.75, 3.05) is 20.6 Å². The molecule has 0 amide bonds. The first-order chi connectivity index (χ1) is 8.68. The third-order valence-electron chi connectivity index (χ3n) is 2.98. The van der Waals surface area contributed by atoms with Gasteiger partial charge in [0.05, 0.1) is 10.7 Å². The van der Waals surface area contributed by atoms with Gasteiger partial charge in [0.25, 0.3) is 0 Å². The maximum absolute atomic E-state index is 6.24. The first kappa shape index (κ1) is 13.2. The Kier molecular flexibility index (Phi) is 4.45. The lowest BCUT2D eigenvalue weighted by Gasteiger charge is -2.12. The third-order valence-corrected chi connectivity index (χ3v) is 3.30. The van der Waals surface area contributed by atoms with Gasteiger partial charge in [0, 0.05) is 11.9 Å². The quantitative estimate of drug-likeness (QED) is 0.799. The summed E-state index contributed by atoms with van der Waals surface area (Å²) in [5.74, 6) is 0. The number of aromatic nitrogens is 1. The molecule has 0 spiro atoms. The van der Waals surface area contributed by atoms with Crippen molar-refractivity contribution < 1.29 is 0 Å². The maximum Gasteiger partial charge on any atom is 0.0646 e. The summed E-state index contributed by atoms with van der Waals surface area (Å²) >= 11 is 6.24. The van der Waals surface area contributed by atoms with Gasteiger partial charge in [-0.25, -0.2) is 0 Å². The van der Waals surface area contributed by atoms with Gasteiger partial charge < -0.3 is 9.47 Å². The van der Waals surface area contributed by atoms with Crippen molar-refractivity contribution in [2.45, 2.75) is 12.8 Å². The zero-order chi connectivity index (χ0) is 13.0. The first-order valence-electron chi connectivity index (χ1n) is 6.24. The van der Waals surface area contributed by atoms with Crippen molar-refractivity contribution in [3.8, 4) is 5.69 Å². The lowest BCUT2D eigenvalue weighted by atomic mass is 10.2. The van der Waals surface area contributed by atoms with Crippen LogP contribution in [0.3, 0.4) is 0 Å². The van der Waals surface area contributed by atoms with Crippen LogP contribution in [-0.4, -0.2) is 30.1 Å². The van der Waals surface area contributed by atoms with Crippen molar-refractivity contribution >= 4 is 11.6 Å². The number of hydrogen-bond acceptors (Lipinski definition) is 1. The topological polar surface area (TPSA) is 8.17 Å². The van der Waals surface area contributed by atoms with E-state index in [2.05, 4.69) is 48.0 Å². The van der Waals surface area contributed by atoms with Gasteiger partial charge in [-0.1, -0.05) is 23.7 Å². The Labute approximate surface area is 114 Å². The van der Waals surface area contributed by atoms with Crippen LogP contribution in [0.5, 0.6) is 0 Å². The number of benzene rings is 1. The molecule has 0 aliphatic carbocycles. The Balaban J connectivity index is 2.15. The van der Waals surface area contributed by atoms with Crippen LogP contribution in [0, 0.1) is 0 Å². The number of rotatable bonds is 5. The highest BCUT2D eigenvalue weighted by molar-refractivity contribution is 6.32. The molecule has 0 radical (unpaired) electrons. The molecule has 1 heterocycles. The van der Waals surface area contributed by atoms with Crippen LogP contribution < -0.4 is 0 Å². The SMILES string of the molecule is CN(C)CCCc1cccn1-c1ccccc1Cl. The maximum atomic E-state index is 6.24. The van der Waals surface area contributed by atoms with Gasteiger partial charge in [0.2, 0.25) is 0 Å². The van der Waals surface area contributed by atoms with E-state index < -0.39 is 0 Å². The highest BCUT2D eigenvalue weighted by Crippen LogP contribution is 2.22. The molecule has 18 heavy (non-hydrogen) atoms. The number of halogens is 1. The Morgan fingerprint density at radius 1 is 1.11 bits per heavy atom. The molecule has 0 N–H and O–H groups in total. The Morgan fingerprint density at radius 3 is 2.61 bits per heavy atom. The summed E-state index contributed by atoms with van der Waals surface area (Å²) in [6, 6.07) is 12.2. The Hall–Kier alpha value is -1.25. The fraction of sp³-hybridized carbons (Fsp3) is 0.333. The molecule has 0 saturated heterocycles. The molecule has 0 bridgehead atoms. The van der Waals surface area contributed by atoms with Gasteiger partial charge in [0.15, 0.2) is 0 Å². The van der Waals surface area contributed by atoms with Crippen LogP contribution in [-0.2, 0) is 6.42 Å². The van der Waals surface area contributed by atoms with Crippen LogP contribution in [0.25, 0.3) is 5.69 Å². The van der Waals surface area contributed by atoms with Crippen LogP contribution in [0.2, 0.25) is 5.02 Å². The van der Waals surface area contributed by atoms with E-state index in [4.69, 9.17) is 11.6 Å². The van der Waals surface area contributed by atoms with E-state index in [-0.39, 0.29) is 0 Å². The van der Waals surface area contributed by atoms with E-state index in [1.165, 1.54) is 5.69 Å². The molecule has 0 aliphatic rings. The largest absolute Gasteiger partial charge is 0.319 e. The molecule has 2 nitrogen and oxygen atoms in total. The van der Waals surface area contributed by atoms with E-state index in [9.17, 15) is 0 Å². The molecule has 0 atom stereocenters. The number of para-hydroxylation sites is 1. The summed E-state index contributed by atoms with van der Waals surface area (Å²) in [5.41, 5.74) is 2.37. The van der Waals surface area contributed by atoms with E-state index in [1.807, 2.05) is 18.2 Å². The minimum absolute atomic E-state index is 0.794. The summed E-state index contributed by atoms with van der Waals surface area (Å²) in [5, 5.41) is 0.794. The zero-order valence-corrected chi connectivity index (χ0v) is 11.7. The van der Waals surface area contributed by atoms with E-state index in [1.54, 1.807) is 0 Å². The molecule has 0 fully saturated rings. The standard InChI is InChI=1S/C15H19ClN2/c1-17(2)11-5-7-13-8-6-12-18(13)15-10-4-3-9-14(15)16/h3-4,6,8-10,12H,5,7,11H2,1-2H3. The lowest BCUT2D eigenvalue weighted by Crippen LogP contribution is -2.14. The van der Waals surface area contributed by atoms with Gasteiger partial charge in [-0.15, -0.1) is 0 Å². The molecule has 1 aromatic heterocycles. The average molecular weight is 263 g/mol. The normalized spacial score (nSPS) is 11.1. The zero-order valence-electron chi connectivity index (χ0n) is 10.9. The monoisotopic (exact) mass is 262 g/mol. The molecule has 0 unspecified atom stereocenters. The molecule has 2 rings (SSSR count). The molecule has 2 aromatic rings. The van der Waals surface area contributed by atoms with Crippen molar-refractivity contribution in [3.05, 3.63) is 53.3 Å². The first-order valence-corrected chi connectivity index (χ1v) is 6.62. The summed E-state index contributed by atoms with van der Waals surface area (Å²) in [7, 11) is 4.21. The van der Waals surface area contributed by atoms with Crippen LogP contribution in [0.1, 0.15) is 12.1 Å². The van der Waals surface area contributed by atoms with Gasteiger partial charge in [-0.2, -0.15) is 0 Å². The van der Waals surface area contributed by atoms with E-state index in [0.29, 0.717) is 0 Å². The minimum atomic E-state index is 0.794. The molecule has 3 heteroatoms. The van der Waals surface area contributed by atoms with Crippen molar-refractivity contribution in [3.63, 3.8) is 0 Å². The van der Waals surface area contributed by atoms with Crippen molar-refractivity contribution in [1.29, 1.82) is 0 Å². The number of hydrogen-bond donors (Lipinski definition) is 0. The lowest BCUT2D eigenvalue weighted by molar-refractivity contribution is 0.399. The minimum Gasteiger partial charge on any atom is -0.319 e. The molecular weight excluding hydrogens is 244 g/mol. The highest BCUT2D eigenvalue weighted by Gasteiger charge is 2.06. The third kappa shape index (κ3) is 3.15. The second-order valence-electron chi connectivity index (χ2n) is 4.73. The van der Waals surface area contributed by atoms with Crippen LogP contribution in [0.4, 0.5) is 0 Å². The number of aryl methyl sites for hydroxylation is 1. The smallest absolute Gasteiger partial charge is 0.0646 e. The van der Waals surface area contributed by atoms with Crippen LogP contribution in [0.15, 0.2) is 42.6 Å². The molecular formula is C15H19ClN2. The fourth-order valence-electron chi connectivity index (χ4n) is 2.08. The van der Waals surface area contributed by atoms with E-state index >= 15 is 0 Å². The Bertz CT molecular complexity index is 503. The summed E-state index contributed by atoms with van der Waals surface area (Å²) in [6.45, 7) is 1.10. The average Bonchev–Trinajstić information content (AvgIpc) is 2.77. The second-order valence-corrected chi connectivity index (χ2v) is 5.13. The van der Waals surface area contributed by atoms with Gasteiger partial charge in [0.1, 0.15) is 0 Å². The van der Waals surface area contributed by atoms with Crippen LogP contribution >= 0.6 is 11.6 Å². The molecule has 96 valence electrons. The predicted molar refractivity (Wildman–Crippen MR) is 77.7 cm³/mol. The predicted octanol–water partition coefficient (Wildman–Crippen LogP) is 3.62. The molecule has 1 aromatic carbocycles. The van der Waals surface area contributed by atoms with Gasteiger partial charge in [-0.05, 0) is 57.7 Å². The molecule has 0 aliphatic heterocycles. The van der Waals surface area contributed by atoms with Gasteiger partial charge >= 0.3 is 0 Å².